The number of nitrogens with zero attached hydrogens (tertiary/aromatic N) is 4. The lowest BCUT2D eigenvalue weighted by atomic mass is 10.1. The minimum absolute atomic E-state index is 0.143. The molecule has 0 fully saturated rings. The Morgan fingerprint density at radius 3 is 2.76 bits per heavy atom. The van der Waals surface area contributed by atoms with Gasteiger partial charge in [0.25, 0.3) is 0 Å². The van der Waals surface area contributed by atoms with Gasteiger partial charge in [-0.2, -0.15) is 4.39 Å². The summed E-state index contributed by atoms with van der Waals surface area (Å²) in [5.41, 5.74) is 1.11. The van der Waals surface area contributed by atoms with Gasteiger partial charge in [-0.25, -0.2) is 14.1 Å². The molecule has 1 aromatic carbocycles. The highest BCUT2D eigenvalue weighted by molar-refractivity contribution is 5.59. The Hall–Kier alpha value is -2.83. The van der Waals surface area contributed by atoms with E-state index in [1.807, 2.05) is 0 Å². The van der Waals surface area contributed by atoms with Crippen LogP contribution in [0, 0.1) is 11.8 Å². The standard InChI is InChI=1S/C14H10F2N4O/c1-21-13-5-4-9(7-10(13)15)11-8-20(19-18-11)12-3-2-6-17-14(12)16/h2-8H,1H3. The fraction of sp³-hybridized carbons (Fsp3) is 0.0714. The van der Waals surface area contributed by atoms with Crippen LogP contribution in [-0.2, 0) is 0 Å². The molecule has 5 nitrogen and oxygen atoms in total. The molecule has 0 radical (unpaired) electrons. The molecule has 0 spiro atoms. The summed E-state index contributed by atoms with van der Waals surface area (Å²) in [7, 11) is 1.39. The van der Waals surface area contributed by atoms with E-state index >= 15 is 0 Å². The maximum atomic E-state index is 13.7. The number of benzene rings is 1. The summed E-state index contributed by atoms with van der Waals surface area (Å²) in [6.07, 6.45) is 2.84. The van der Waals surface area contributed by atoms with E-state index in [9.17, 15) is 8.78 Å². The average Bonchev–Trinajstić information content (AvgIpc) is 2.97. The molecule has 2 aromatic heterocycles. The smallest absolute Gasteiger partial charge is 0.238 e. The SMILES string of the molecule is COc1ccc(-c2cn(-c3cccnc3F)nn2)cc1F. The van der Waals surface area contributed by atoms with Crippen LogP contribution in [0.5, 0.6) is 5.75 Å². The molecule has 0 amide bonds. The summed E-state index contributed by atoms with van der Waals surface area (Å²) in [4.78, 5) is 3.54. The number of hydrogen-bond donors (Lipinski definition) is 0. The first-order valence-electron chi connectivity index (χ1n) is 6.06. The van der Waals surface area contributed by atoms with E-state index in [0.717, 1.165) is 0 Å². The first-order chi connectivity index (χ1) is 10.2. The van der Waals surface area contributed by atoms with Crippen molar-refractivity contribution in [1.29, 1.82) is 0 Å². The zero-order valence-electron chi connectivity index (χ0n) is 11.0. The van der Waals surface area contributed by atoms with Crippen molar-refractivity contribution in [3.63, 3.8) is 0 Å². The third-order valence-corrected chi connectivity index (χ3v) is 2.93. The van der Waals surface area contributed by atoms with E-state index in [2.05, 4.69) is 15.3 Å². The maximum absolute atomic E-state index is 13.7. The molecule has 0 saturated heterocycles. The molecular formula is C14H10F2N4O. The van der Waals surface area contributed by atoms with E-state index in [1.54, 1.807) is 12.1 Å². The monoisotopic (exact) mass is 288 g/mol. The van der Waals surface area contributed by atoms with Crippen LogP contribution in [0.2, 0.25) is 0 Å². The van der Waals surface area contributed by atoms with Gasteiger partial charge < -0.3 is 4.74 Å². The Labute approximate surface area is 118 Å². The molecule has 0 bridgehead atoms. The van der Waals surface area contributed by atoms with Crippen LogP contribution < -0.4 is 4.74 Å². The van der Waals surface area contributed by atoms with Gasteiger partial charge in [-0.05, 0) is 30.3 Å². The van der Waals surface area contributed by atoms with Crippen LogP contribution in [0.25, 0.3) is 16.9 Å². The second kappa shape index (κ2) is 5.28. The molecule has 0 aliphatic rings. The number of pyridine rings is 1. The Balaban J connectivity index is 1.99. The third-order valence-electron chi connectivity index (χ3n) is 2.93. The second-order valence-corrected chi connectivity index (χ2v) is 4.21. The molecule has 0 aliphatic heterocycles. The number of halogens is 2. The summed E-state index contributed by atoms with van der Waals surface area (Å²) < 4.78 is 33.4. The summed E-state index contributed by atoms with van der Waals surface area (Å²) in [5.74, 6) is -1.02. The zero-order chi connectivity index (χ0) is 14.8. The zero-order valence-corrected chi connectivity index (χ0v) is 11.0. The van der Waals surface area contributed by atoms with Crippen LogP contribution in [0.3, 0.4) is 0 Å². The van der Waals surface area contributed by atoms with Crippen LogP contribution in [0.15, 0.2) is 42.7 Å². The fourth-order valence-corrected chi connectivity index (χ4v) is 1.89. The quantitative estimate of drug-likeness (QED) is 0.695. The van der Waals surface area contributed by atoms with Gasteiger partial charge in [0.15, 0.2) is 11.6 Å². The number of rotatable bonds is 3. The highest BCUT2D eigenvalue weighted by atomic mass is 19.1. The van der Waals surface area contributed by atoms with E-state index < -0.39 is 11.8 Å². The van der Waals surface area contributed by atoms with Gasteiger partial charge in [-0.1, -0.05) is 5.21 Å². The molecule has 7 heteroatoms. The van der Waals surface area contributed by atoms with E-state index in [-0.39, 0.29) is 11.4 Å². The lowest BCUT2D eigenvalue weighted by molar-refractivity contribution is 0.386. The van der Waals surface area contributed by atoms with Crippen molar-refractivity contribution in [2.45, 2.75) is 0 Å². The largest absolute Gasteiger partial charge is 0.494 e. The topological polar surface area (TPSA) is 52.8 Å². The predicted molar refractivity (Wildman–Crippen MR) is 71.1 cm³/mol. The Kier molecular flexibility index (Phi) is 3.31. The van der Waals surface area contributed by atoms with E-state index in [1.165, 1.54) is 42.4 Å². The van der Waals surface area contributed by atoms with Crippen LogP contribution in [0.1, 0.15) is 0 Å². The number of hydrogen-bond acceptors (Lipinski definition) is 4. The number of methoxy groups -OCH3 is 1. The Morgan fingerprint density at radius 2 is 2.05 bits per heavy atom. The lowest BCUT2D eigenvalue weighted by Crippen LogP contribution is -1.99. The van der Waals surface area contributed by atoms with Crippen molar-refractivity contribution in [2.24, 2.45) is 0 Å². The van der Waals surface area contributed by atoms with Crippen molar-refractivity contribution in [1.82, 2.24) is 20.0 Å². The van der Waals surface area contributed by atoms with E-state index in [0.29, 0.717) is 11.3 Å². The fourth-order valence-electron chi connectivity index (χ4n) is 1.89. The van der Waals surface area contributed by atoms with Crippen molar-refractivity contribution in [2.75, 3.05) is 7.11 Å². The third kappa shape index (κ3) is 2.45. The normalized spacial score (nSPS) is 10.6. The van der Waals surface area contributed by atoms with Crippen molar-refractivity contribution >= 4 is 0 Å². The van der Waals surface area contributed by atoms with Gasteiger partial charge in [-0.3, -0.25) is 0 Å². The van der Waals surface area contributed by atoms with Crippen molar-refractivity contribution < 1.29 is 13.5 Å². The summed E-state index contributed by atoms with van der Waals surface area (Å²) in [6, 6.07) is 7.54. The molecule has 2 heterocycles. The summed E-state index contributed by atoms with van der Waals surface area (Å²) >= 11 is 0. The first-order valence-corrected chi connectivity index (χ1v) is 6.06. The van der Waals surface area contributed by atoms with Gasteiger partial charge in [0.1, 0.15) is 11.4 Å². The van der Waals surface area contributed by atoms with Crippen molar-refractivity contribution in [3.8, 4) is 22.7 Å². The minimum Gasteiger partial charge on any atom is -0.494 e. The molecule has 0 atom stereocenters. The highest BCUT2D eigenvalue weighted by Crippen LogP contribution is 2.24. The molecule has 0 aliphatic carbocycles. The molecule has 21 heavy (non-hydrogen) atoms. The van der Waals surface area contributed by atoms with Crippen LogP contribution >= 0.6 is 0 Å². The van der Waals surface area contributed by atoms with Crippen molar-refractivity contribution in [3.05, 3.63) is 54.5 Å². The second-order valence-electron chi connectivity index (χ2n) is 4.21. The summed E-state index contributed by atoms with van der Waals surface area (Å²) in [6.45, 7) is 0. The molecular weight excluding hydrogens is 278 g/mol. The minimum atomic E-state index is -0.658. The average molecular weight is 288 g/mol. The van der Waals surface area contributed by atoms with Gasteiger partial charge in [0.2, 0.25) is 5.95 Å². The number of aromatic nitrogens is 4. The number of ether oxygens (including phenoxy) is 1. The van der Waals surface area contributed by atoms with Gasteiger partial charge in [0, 0.05) is 11.8 Å². The highest BCUT2D eigenvalue weighted by Gasteiger charge is 2.11. The maximum Gasteiger partial charge on any atom is 0.238 e. The Morgan fingerprint density at radius 1 is 1.19 bits per heavy atom. The Bertz CT molecular complexity index is 788. The molecule has 106 valence electrons. The van der Waals surface area contributed by atoms with E-state index in [4.69, 9.17) is 4.74 Å². The lowest BCUT2D eigenvalue weighted by Gasteiger charge is -2.02. The molecule has 3 rings (SSSR count). The molecule has 0 N–H and O–H groups in total. The summed E-state index contributed by atoms with van der Waals surface area (Å²) in [5, 5.41) is 7.74. The molecule has 0 saturated carbocycles. The van der Waals surface area contributed by atoms with Crippen LogP contribution in [-0.4, -0.2) is 27.1 Å². The molecule has 3 aromatic rings. The first kappa shape index (κ1) is 13.2. The van der Waals surface area contributed by atoms with Gasteiger partial charge >= 0.3 is 0 Å². The predicted octanol–water partition coefficient (Wildman–Crippen LogP) is 2.62. The van der Waals surface area contributed by atoms with Gasteiger partial charge in [0.05, 0.1) is 13.3 Å². The van der Waals surface area contributed by atoms with Crippen LogP contribution in [0.4, 0.5) is 8.78 Å². The molecule has 0 unspecified atom stereocenters. The van der Waals surface area contributed by atoms with Gasteiger partial charge in [-0.15, -0.1) is 5.10 Å².